The molecule has 23 nitrogen and oxygen atoms in total. The van der Waals surface area contributed by atoms with Crippen LogP contribution in [-0.4, -0.2) is 79.0 Å². The summed E-state index contributed by atoms with van der Waals surface area (Å²) in [5, 5.41) is 49.6. The Morgan fingerprint density at radius 2 is 0.667 bits per heavy atom. The van der Waals surface area contributed by atoms with Crippen LogP contribution in [0.5, 0.6) is 0 Å². The van der Waals surface area contributed by atoms with Gasteiger partial charge in [-0.2, -0.15) is 8.78 Å². The summed E-state index contributed by atoms with van der Waals surface area (Å²) >= 11 is 0. The first-order chi connectivity index (χ1) is 49.6. The highest BCUT2D eigenvalue weighted by Gasteiger charge is 2.37. The van der Waals surface area contributed by atoms with Crippen molar-refractivity contribution < 1.29 is 28.5 Å². The van der Waals surface area contributed by atoms with Crippen molar-refractivity contribution in [1.29, 1.82) is 0 Å². The molecule has 16 rings (SSSR count). The molecular formula is C77H85F2N15O8. The average Bonchev–Trinajstić information content (AvgIpc) is 1.65. The lowest BCUT2D eigenvalue weighted by Crippen LogP contribution is -2.09. The van der Waals surface area contributed by atoms with E-state index in [2.05, 4.69) is 57.2 Å². The highest BCUT2D eigenvalue weighted by molar-refractivity contribution is 5.66. The van der Waals surface area contributed by atoms with Gasteiger partial charge in [0.1, 0.15) is 11.4 Å². The first kappa shape index (κ1) is 71.0. The third-order valence-corrected chi connectivity index (χ3v) is 19.9. The maximum atomic E-state index is 13.9. The molecule has 0 amide bonds. The molecule has 0 atom stereocenters. The summed E-state index contributed by atoms with van der Waals surface area (Å²) in [7, 11) is 4.92. The van der Waals surface area contributed by atoms with Gasteiger partial charge in [0.05, 0.1) is 67.8 Å². The second-order valence-electron chi connectivity index (χ2n) is 27.1. The van der Waals surface area contributed by atoms with Crippen LogP contribution in [0.1, 0.15) is 195 Å². The van der Waals surface area contributed by atoms with E-state index < -0.39 is 32.9 Å². The van der Waals surface area contributed by atoms with E-state index in [-0.39, 0.29) is 21.2 Å². The number of rotatable bonds is 22. The SMILES string of the molecule is CN.CNc1cc(Cn2cnc(-c3ccccc3)c2C2CC2)ccc1[N+](=O)[O-].CNc1cc(Cn2cnc(C3CC3)c2C2CCCC2)ccc1[N+](=O)[O-].O=[N+]([O-])c1ccc(Cn2cnc(-c3ccccc3)c2C2CC2)cc1F.O=[N+]([O-])c1ccc(Cn2cnc(C3CC3)c2C2CCCC2)cc1F. The minimum atomic E-state index is -0.807. The summed E-state index contributed by atoms with van der Waals surface area (Å²) in [6, 6.07) is 39.0. The van der Waals surface area contributed by atoms with Crippen molar-refractivity contribution in [3.05, 3.63) is 267 Å². The number of imidazole rings is 4. The summed E-state index contributed by atoms with van der Waals surface area (Å²) in [5.74, 6) is 1.86. The van der Waals surface area contributed by atoms with Crippen molar-refractivity contribution in [2.45, 2.75) is 164 Å². The van der Waals surface area contributed by atoms with E-state index in [0.29, 0.717) is 72.1 Å². The van der Waals surface area contributed by atoms with E-state index in [9.17, 15) is 49.2 Å². The maximum absolute atomic E-state index is 13.9. The Kier molecular flexibility index (Phi) is 22.4. The molecule has 6 aliphatic carbocycles. The van der Waals surface area contributed by atoms with Gasteiger partial charge in [0.25, 0.3) is 11.4 Å². The van der Waals surface area contributed by atoms with Crippen LogP contribution >= 0.6 is 0 Å². The third-order valence-electron chi connectivity index (χ3n) is 19.9. The number of hydrogen-bond acceptors (Lipinski definition) is 15. The largest absolute Gasteiger partial charge is 0.383 e. The second kappa shape index (κ2) is 32.2. The molecule has 6 fully saturated rings. The van der Waals surface area contributed by atoms with Gasteiger partial charge < -0.3 is 34.6 Å². The lowest BCUT2D eigenvalue weighted by molar-refractivity contribution is -0.387. The quantitative estimate of drug-likeness (QED) is 0.0420. The summed E-state index contributed by atoms with van der Waals surface area (Å²) in [5.41, 5.74) is 20.2. The Morgan fingerprint density at radius 3 is 0.961 bits per heavy atom. The molecule has 0 spiro atoms. The lowest BCUT2D eigenvalue weighted by Gasteiger charge is -2.16. The average molecular weight is 1390 g/mol. The number of nitrogens with zero attached hydrogens (tertiary/aromatic N) is 12. The molecule has 4 aromatic heterocycles. The zero-order chi connectivity index (χ0) is 71.6. The fraction of sp³-hybridized carbons (Fsp3) is 0.377. The highest BCUT2D eigenvalue weighted by Crippen LogP contribution is 2.49. The number of anilines is 2. The molecule has 0 bridgehead atoms. The molecule has 102 heavy (non-hydrogen) atoms. The minimum Gasteiger partial charge on any atom is -0.383 e. The fourth-order valence-electron chi connectivity index (χ4n) is 14.4. The third kappa shape index (κ3) is 16.8. The normalized spacial score (nSPS) is 15.5. The Bertz CT molecular complexity index is 4600. The second-order valence-corrected chi connectivity index (χ2v) is 27.1. The van der Waals surface area contributed by atoms with Crippen LogP contribution in [0.25, 0.3) is 22.5 Å². The Balaban J connectivity index is 0.000000127. The summed E-state index contributed by atoms with van der Waals surface area (Å²) in [6.07, 6.45) is 27.1. The molecule has 25 heteroatoms. The number of nitro groups is 4. The Morgan fingerprint density at radius 1 is 0.382 bits per heavy atom. The molecular weight excluding hydrogens is 1300 g/mol. The number of benzene rings is 6. The standard InChI is InChI=1S/C20H20N4O2.C19H16FN3O2.C19H24N4O2.C18H20FN3O2.CH5N/c1-21-17-11-14(7-10-18(17)24(25)26)12-23-13-22-19(20(23)16-8-9-16)15-5-3-2-4-6-15;20-16-10-13(6-9-17(16)23(24)25)11-22-12-21-18(19(22)15-7-8-15)14-4-2-1-3-5-14;1-20-16-10-13(6-9-17(16)23(24)25)11-22-12-21-18(14-7-8-14)19(22)15-4-2-3-5-15;19-15-9-12(5-8-16(15)22(23)24)10-21-11-20-17(13-6-7-13)18(21)14-3-1-2-4-14;1-2/h2-7,10-11,13,16,21H,8-9,12H2,1H3;1-6,9-10,12,15H,7-8,11H2;6,9-10,12,14-15,20H,2-5,7-8,11H2,1H3;5,8-9,11,13-14H,1-4,6-7,10H2;2H2,1H3. The fourth-order valence-corrected chi connectivity index (χ4v) is 14.4. The molecule has 6 aromatic carbocycles. The maximum Gasteiger partial charge on any atom is 0.304 e. The number of nitrogens with one attached hydrogen (secondary N) is 2. The molecule has 4 heterocycles. The number of aromatic nitrogens is 8. The van der Waals surface area contributed by atoms with E-state index >= 15 is 0 Å². The van der Waals surface area contributed by atoms with Crippen molar-refractivity contribution in [1.82, 2.24) is 38.2 Å². The Hall–Kier alpha value is -10.8. The summed E-state index contributed by atoms with van der Waals surface area (Å²) < 4.78 is 36.4. The van der Waals surface area contributed by atoms with Gasteiger partial charge in [0, 0.05) is 134 Å². The van der Waals surface area contributed by atoms with Crippen LogP contribution in [0.3, 0.4) is 0 Å². The number of nitrogens with two attached hydrogens (primary N) is 1. The number of halogens is 2. The van der Waals surface area contributed by atoms with Crippen LogP contribution in [0, 0.1) is 52.1 Å². The van der Waals surface area contributed by atoms with Crippen molar-refractivity contribution >= 4 is 34.1 Å². The molecule has 10 aromatic rings. The zero-order valence-electron chi connectivity index (χ0n) is 57.6. The van der Waals surface area contributed by atoms with Gasteiger partial charge in [-0.1, -0.05) is 111 Å². The van der Waals surface area contributed by atoms with Gasteiger partial charge in [0.15, 0.2) is 0 Å². The van der Waals surface area contributed by atoms with Crippen molar-refractivity contribution in [3.63, 3.8) is 0 Å². The predicted octanol–water partition coefficient (Wildman–Crippen LogP) is 17.5. The van der Waals surface area contributed by atoms with E-state index in [4.69, 9.17) is 4.98 Å². The van der Waals surface area contributed by atoms with Gasteiger partial charge in [-0.25, -0.2) is 19.9 Å². The first-order valence-corrected chi connectivity index (χ1v) is 35.2. The van der Waals surface area contributed by atoms with Crippen LogP contribution in [-0.2, 0) is 26.2 Å². The van der Waals surface area contributed by atoms with Crippen LogP contribution < -0.4 is 16.4 Å². The smallest absolute Gasteiger partial charge is 0.304 e. The van der Waals surface area contributed by atoms with Crippen LogP contribution in [0.15, 0.2) is 159 Å². The zero-order valence-corrected chi connectivity index (χ0v) is 57.6. The lowest BCUT2D eigenvalue weighted by atomic mass is 9.99. The molecule has 0 unspecified atom stereocenters. The van der Waals surface area contributed by atoms with Gasteiger partial charge in [0.2, 0.25) is 11.6 Å². The molecule has 6 saturated carbocycles. The number of nitro benzene ring substituents is 4. The number of hydrogen-bond donors (Lipinski definition) is 3. The van der Waals surface area contributed by atoms with Crippen LogP contribution in [0.4, 0.5) is 42.9 Å². The van der Waals surface area contributed by atoms with Gasteiger partial charge in [-0.3, -0.25) is 40.5 Å². The molecule has 0 saturated heterocycles. The Labute approximate surface area is 589 Å². The van der Waals surface area contributed by atoms with E-state index in [1.54, 1.807) is 44.7 Å². The van der Waals surface area contributed by atoms with Crippen molar-refractivity contribution in [2.24, 2.45) is 5.73 Å². The summed E-state index contributed by atoms with van der Waals surface area (Å²) in [4.78, 5) is 60.3. The molecule has 6 aliphatic rings. The van der Waals surface area contributed by atoms with Gasteiger partial charge in [-0.15, -0.1) is 0 Å². The minimum absolute atomic E-state index is 0.0919. The van der Waals surface area contributed by atoms with E-state index in [1.807, 2.05) is 96.3 Å². The van der Waals surface area contributed by atoms with Crippen molar-refractivity contribution in [2.75, 3.05) is 31.8 Å². The first-order valence-electron chi connectivity index (χ1n) is 35.2. The predicted molar refractivity (Wildman–Crippen MR) is 388 cm³/mol. The highest BCUT2D eigenvalue weighted by atomic mass is 19.1. The van der Waals surface area contributed by atoms with Crippen molar-refractivity contribution in [3.8, 4) is 22.5 Å². The molecule has 0 aliphatic heterocycles. The molecule has 530 valence electrons. The molecule has 0 radical (unpaired) electrons. The van der Waals surface area contributed by atoms with E-state index in [1.165, 1.54) is 150 Å². The van der Waals surface area contributed by atoms with Crippen LogP contribution in [0.2, 0.25) is 0 Å². The summed E-state index contributed by atoms with van der Waals surface area (Å²) in [6.45, 7) is 2.33. The monoisotopic (exact) mass is 1390 g/mol. The van der Waals surface area contributed by atoms with Gasteiger partial charge in [-0.05, 0) is 131 Å². The topological polar surface area (TPSA) is 294 Å². The van der Waals surface area contributed by atoms with Gasteiger partial charge >= 0.3 is 11.4 Å². The molecule has 4 N–H and O–H groups in total. The van der Waals surface area contributed by atoms with E-state index in [0.717, 1.165) is 64.3 Å².